The van der Waals surface area contributed by atoms with Crippen LogP contribution in [-0.2, 0) is 14.8 Å². The number of halogens is 1. The lowest BCUT2D eigenvalue weighted by molar-refractivity contribution is -0.114. The summed E-state index contributed by atoms with van der Waals surface area (Å²) in [5.41, 5.74) is 3.16. The fraction of sp³-hybridized carbons (Fsp3) is 0.161. The van der Waals surface area contributed by atoms with Crippen molar-refractivity contribution in [2.24, 2.45) is 0 Å². The van der Waals surface area contributed by atoms with E-state index in [0.717, 1.165) is 15.4 Å². The summed E-state index contributed by atoms with van der Waals surface area (Å²) in [6.45, 7) is 4.89. The quantitative estimate of drug-likeness (QED) is 0.245. The zero-order chi connectivity index (χ0) is 28.9. The monoisotopic (exact) mass is 575 g/mol. The molecule has 9 heteroatoms. The van der Waals surface area contributed by atoms with Gasteiger partial charge in [-0.3, -0.25) is 13.9 Å². The number of hydrogen-bond donors (Lipinski definition) is 2. The number of carbonyl (C=O) groups excluding carboxylic acids is 2. The van der Waals surface area contributed by atoms with Gasteiger partial charge in [-0.2, -0.15) is 0 Å². The van der Waals surface area contributed by atoms with Crippen LogP contribution < -0.4 is 14.9 Å². The Morgan fingerprint density at radius 2 is 1.50 bits per heavy atom. The smallest absolute Gasteiger partial charge is 0.264 e. The first-order valence-corrected chi connectivity index (χ1v) is 14.5. The molecule has 4 rings (SSSR count). The second-order valence-electron chi connectivity index (χ2n) is 9.41. The molecule has 0 aliphatic heterocycles. The number of carbonyl (C=O) groups is 2. The van der Waals surface area contributed by atoms with Crippen molar-refractivity contribution < 1.29 is 18.0 Å². The van der Waals surface area contributed by atoms with E-state index in [-0.39, 0.29) is 33.8 Å². The molecule has 4 aromatic rings. The molecule has 0 radical (unpaired) electrons. The molecule has 4 aromatic carbocycles. The molecular formula is C31H30ClN3O4S. The lowest BCUT2D eigenvalue weighted by atomic mass is 10.1. The Balaban J connectivity index is 1.61. The highest BCUT2D eigenvalue weighted by atomic mass is 35.5. The van der Waals surface area contributed by atoms with Crippen LogP contribution in [0.4, 0.5) is 11.4 Å². The molecule has 0 heterocycles. The highest BCUT2D eigenvalue weighted by Gasteiger charge is 2.29. The van der Waals surface area contributed by atoms with Crippen LogP contribution in [0.25, 0.3) is 0 Å². The Kier molecular flexibility index (Phi) is 8.92. The number of anilines is 2. The molecule has 0 saturated carbocycles. The number of rotatable bonds is 9. The Morgan fingerprint density at radius 1 is 0.850 bits per heavy atom. The van der Waals surface area contributed by atoms with E-state index in [9.17, 15) is 18.0 Å². The van der Waals surface area contributed by atoms with Gasteiger partial charge in [0.1, 0.15) is 6.54 Å². The number of amides is 2. The standard InChI is InChI=1S/C31H30ClN3O4S/c1-21-16-18-25(19-17-21)40(38,39)35(29-15-9-13-27(32)22(29)2)20-30(36)34-28-14-8-7-12-26(28)31(37)33-23(3)24-10-5-4-6-11-24/h4-19,23H,20H2,1-3H3,(H,33,37)(H,34,36)/t23-/m0/s1. The van der Waals surface area contributed by atoms with Gasteiger partial charge in [0.25, 0.3) is 15.9 Å². The van der Waals surface area contributed by atoms with Crippen LogP contribution in [0.3, 0.4) is 0 Å². The molecular weight excluding hydrogens is 546 g/mol. The van der Waals surface area contributed by atoms with Gasteiger partial charge in [0.05, 0.1) is 27.9 Å². The fourth-order valence-electron chi connectivity index (χ4n) is 4.21. The van der Waals surface area contributed by atoms with Crippen LogP contribution in [0.15, 0.2) is 102 Å². The van der Waals surface area contributed by atoms with Crippen molar-refractivity contribution >= 4 is 44.8 Å². The minimum Gasteiger partial charge on any atom is -0.345 e. The Morgan fingerprint density at radius 3 is 2.20 bits per heavy atom. The van der Waals surface area contributed by atoms with E-state index in [2.05, 4.69) is 10.6 Å². The van der Waals surface area contributed by atoms with E-state index in [1.807, 2.05) is 44.2 Å². The molecule has 0 aliphatic carbocycles. The molecule has 40 heavy (non-hydrogen) atoms. The number of benzene rings is 4. The molecule has 0 bridgehead atoms. The van der Waals surface area contributed by atoms with E-state index in [1.165, 1.54) is 12.1 Å². The largest absolute Gasteiger partial charge is 0.345 e. The third kappa shape index (κ3) is 6.52. The molecule has 0 fully saturated rings. The third-order valence-electron chi connectivity index (χ3n) is 6.50. The number of para-hydroxylation sites is 1. The second-order valence-corrected chi connectivity index (χ2v) is 11.7. The normalized spacial score (nSPS) is 11.9. The van der Waals surface area contributed by atoms with E-state index < -0.39 is 22.5 Å². The zero-order valence-electron chi connectivity index (χ0n) is 22.4. The summed E-state index contributed by atoms with van der Waals surface area (Å²) in [4.78, 5) is 26.5. The first-order valence-electron chi connectivity index (χ1n) is 12.7. The van der Waals surface area contributed by atoms with Crippen molar-refractivity contribution in [2.45, 2.75) is 31.7 Å². The van der Waals surface area contributed by atoms with E-state index in [0.29, 0.717) is 10.6 Å². The van der Waals surface area contributed by atoms with Gasteiger partial charge >= 0.3 is 0 Å². The van der Waals surface area contributed by atoms with Gasteiger partial charge in [0.2, 0.25) is 5.91 Å². The Bertz CT molecular complexity index is 1620. The topological polar surface area (TPSA) is 95.6 Å². The molecule has 0 unspecified atom stereocenters. The molecule has 7 nitrogen and oxygen atoms in total. The summed E-state index contributed by atoms with van der Waals surface area (Å²) >= 11 is 6.32. The van der Waals surface area contributed by atoms with Crippen molar-refractivity contribution in [2.75, 3.05) is 16.2 Å². The van der Waals surface area contributed by atoms with Gasteiger partial charge in [0.15, 0.2) is 0 Å². The minimum atomic E-state index is -4.14. The van der Waals surface area contributed by atoms with Gasteiger partial charge in [-0.05, 0) is 68.3 Å². The summed E-state index contributed by atoms with van der Waals surface area (Å²) in [6.07, 6.45) is 0. The average Bonchev–Trinajstić information content (AvgIpc) is 2.94. The van der Waals surface area contributed by atoms with Gasteiger partial charge < -0.3 is 10.6 Å². The predicted octanol–water partition coefficient (Wildman–Crippen LogP) is 6.28. The molecule has 0 aliphatic rings. The fourth-order valence-corrected chi connectivity index (χ4v) is 5.86. The summed E-state index contributed by atoms with van der Waals surface area (Å²) in [5.74, 6) is -0.992. The predicted molar refractivity (Wildman–Crippen MR) is 159 cm³/mol. The Hall–Kier alpha value is -4.14. The van der Waals surface area contributed by atoms with Crippen molar-refractivity contribution in [3.8, 4) is 0 Å². The summed E-state index contributed by atoms with van der Waals surface area (Å²) < 4.78 is 28.6. The molecule has 2 amide bonds. The maximum Gasteiger partial charge on any atom is 0.264 e. The van der Waals surface area contributed by atoms with E-state index in [4.69, 9.17) is 11.6 Å². The average molecular weight is 576 g/mol. The minimum absolute atomic E-state index is 0.0416. The Labute approximate surface area is 239 Å². The maximum absolute atomic E-state index is 13.8. The highest BCUT2D eigenvalue weighted by Crippen LogP contribution is 2.31. The van der Waals surface area contributed by atoms with E-state index >= 15 is 0 Å². The number of sulfonamides is 1. The van der Waals surface area contributed by atoms with Gasteiger partial charge in [0, 0.05) is 5.02 Å². The van der Waals surface area contributed by atoms with Crippen LogP contribution in [0, 0.1) is 13.8 Å². The molecule has 206 valence electrons. The number of hydrogen-bond acceptors (Lipinski definition) is 4. The van der Waals surface area contributed by atoms with Crippen LogP contribution in [-0.4, -0.2) is 26.8 Å². The molecule has 1 atom stereocenters. The lowest BCUT2D eigenvalue weighted by Gasteiger charge is -2.26. The lowest BCUT2D eigenvalue weighted by Crippen LogP contribution is -2.39. The van der Waals surface area contributed by atoms with Crippen molar-refractivity contribution in [1.29, 1.82) is 0 Å². The SMILES string of the molecule is Cc1ccc(S(=O)(=O)N(CC(=O)Nc2ccccc2C(=O)N[C@@H](C)c2ccccc2)c2cccc(Cl)c2C)cc1. The van der Waals surface area contributed by atoms with Gasteiger partial charge in [-0.1, -0.05) is 77.8 Å². The van der Waals surface area contributed by atoms with Crippen molar-refractivity contribution in [3.63, 3.8) is 0 Å². The van der Waals surface area contributed by atoms with Crippen LogP contribution in [0.5, 0.6) is 0 Å². The first-order chi connectivity index (χ1) is 19.1. The molecule has 0 spiro atoms. The van der Waals surface area contributed by atoms with Crippen LogP contribution in [0.2, 0.25) is 5.02 Å². The number of aryl methyl sites for hydroxylation is 1. The summed E-state index contributed by atoms with van der Waals surface area (Å²) in [5, 5.41) is 6.05. The third-order valence-corrected chi connectivity index (χ3v) is 8.68. The van der Waals surface area contributed by atoms with Crippen LogP contribution in [0.1, 0.15) is 40.0 Å². The zero-order valence-corrected chi connectivity index (χ0v) is 24.0. The molecule has 2 N–H and O–H groups in total. The second kappa shape index (κ2) is 12.4. The van der Waals surface area contributed by atoms with Gasteiger partial charge in [-0.15, -0.1) is 0 Å². The first kappa shape index (κ1) is 28.9. The van der Waals surface area contributed by atoms with Crippen molar-refractivity contribution in [3.05, 3.63) is 124 Å². The van der Waals surface area contributed by atoms with Crippen molar-refractivity contribution in [1.82, 2.24) is 5.32 Å². The summed E-state index contributed by atoms with van der Waals surface area (Å²) in [7, 11) is -4.14. The molecule has 0 aromatic heterocycles. The van der Waals surface area contributed by atoms with Gasteiger partial charge in [-0.25, -0.2) is 8.42 Å². The van der Waals surface area contributed by atoms with E-state index in [1.54, 1.807) is 61.5 Å². The number of nitrogens with zero attached hydrogens (tertiary/aromatic N) is 1. The molecule has 0 saturated heterocycles. The van der Waals surface area contributed by atoms with Crippen LogP contribution >= 0.6 is 11.6 Å². The summed E-state index contributed by atoms with van der Waals surface area (Å²) in [6, 6.07) is 27.1. The maximum atomic E-state index is 13.8. The highest BCUT2D eigenvalue weighted by molar-refractivity contribution is 7.92. The number of nitrogens with one attached hydrogen (secondary N) is 2.